The van der Waals surface area contributed by atoms with Crippen LogP contribution in [0.4, 0.5) is 36.8 Å². The predicted molar refractivity (Wildman–Crippen MR) is 92.7 cm³/mol. The van der Waals surface area contributed by atoms with E-state index in [9.17, 15) is 26.7 Å². The Labute approximate surface area is 162 Å². The van der Waals surface area contributed by atoms with Crippen LogP contribution < -0.4 is 5.32 Å². The molecule has 4 rings (SSSR count). The van der Waals surface area contributed by atoms with Crippen LogP contribution in [0.2, 0.25) is 0 Å². The van der Waals surface area contributed by atoms with Crippen molar-refractivity contribution < 1.29 is 31.1 Å². The summed E-state index contributed by atoms with van der Waals surface area (Å²) in [5.41, 5.74) is -2.30. The van der Waals surface area contributed by atoms with E-state index in [2.05, 4.69) is 5.32 Å². The zero-order valence-corrected chi connectivity index (χ0v) is 15.0. The van der Waals surface area contributed by atoms with Crippen LogP contribution in [0.25, 0.3) is 0 Å². The van der Waals surface area contributed by atoms with Crippen molar-refractivity contribution in [2.75, 3.05) is 11.9 Å². The average molecular weight is 414 g/mol. The molecule has 2 aromatic rings. The van der Waals surface area contributed by atoms with Gasteiger partial charge in [-0.25, -0.2) is 18.0 Å². The number of rotatable bonds is 4. The van der Waals surface area contributed by atoms with Crippen LogP contribution in [0.3, 0.4) is 0 Å². The van der Waals surface area contributed by atoms with Crippen LogP contribution in [-0.2, 0) is 5.54 Å². The van der Waals surface area contributed by atoms with Crippen molar-refractivity contribution >= 4 is 11.7 Å². The molecule has 0 aromatic heterocycles. The number of nitrogens with zero attached hydrogens (tertiary/aromatic N) is 1. The molecule has 1 heterocycles. The molecular formula is C20H16F6N2O. The summed E-state index contributed by atoms with van der Waals surface area (Å²) in [5.74, 6) is -3.29. The van der Waals surface area contributed by atoms with E-state index >= 15 is 4.39 Å². The van der Waals surface area contributed by atoms with E-state index in [0.717, 1.165) is 24.3 Å². The second kappa shape index (κ2) is 6.67. The summed E-state index contributed by atoms with van der Waals surface area (Å²) in [5, 5.41) is 2.24. The van der Waals surface area contributed by atoms with Crippen molar-refractivity contribution in [1.29, 1.82) is 0 Å². The number of hydrogen-bond donors (Lipinski definition) is 1. The summed E-state index contributed by atoms with van der Waals surface area (Å²) in [4.78, 5) is 13.2. The number of fused-ring (bicyclic) bond motifs is 1. The molecule has 1 N–H and O–H groups in total. The molecule has 1 saturated carbocycles. The monoisotopic (exact) mass is 414 g/mol. The Kier molecular flexibility index (Phi) is 4.51. The van der Waals surface area contributed by atoms with Crippen LogP contribution in [0, 0.1) is 23.4 Å². The van der Waals surface area contributed by atoms with Gasteiger partial charge in [-0.3, -0.25) is 0 Å². The molecule has 0 bridgehead atoms. The second-order valence-electron chi connectivity index (χ2n) is 7.43. The van der Waals surface area contributed by atoms with Gasteiger partial charge in [-0.05, 0) is 42.2 Å². The summed E-state index contributed by atoms with van der Waals surface area (Å²) in [6.07, 6.45) is -3.43. The van der Waals surface area contributed by atoms with E-state index in [1.54, 1.807) is 0 Å². The van der Waals surface area contributed by atoms with Gasteiger partial charge in [-0.2, -0.15) is 13.2 Å². The molecule has 154 valence electrons. The highest BCUT2D eigenvalue weighted by atomic mass is 19.4. The molecule has 0 spiro atoms. The third kappa shape index (κ3) is 3.42. The molecule has 2 aromatic carbocycles. The number of carbonyl (C=O) groups is 1. The fourth-order valence-electron chi connectivity index (χ4n) is 4.03. The number of hydrogen-bond acceptors (Lipinski definition) is 1. The molecule has 0 saturated heterocycles. The summed E-state index contributed by atoms with van der Waals surface area (Å²) in [7, 11) is 0. The van der Waals surface area contributed by atoms with Crippen molar-refractivity contribution in [3.63, 3.8) is 0 Å². The van der Waals surface area contributed by atoms with Gasteiger partial charge in [0.25, 0.3) is 0 Å². The predicted octanol–water partition coefficient (Wildman–Crippen LogP) is 5.56. The second-order valence-corrected chi connectivity index (χ2v) is 7.43. The van der Waals surface area contributed by atoms with Gasteiger partial charge < -0.3 is 10.2 Å². The first-order valence-corrected chi connectivity index (χ1v) is 9.02. The van der Waals surface area contributed by atoms with E-state index in [1.165, 1.54) is 12.1 Å². The smallest absolute Gasteiger partial charge is 0.307 e. The van der Waals surface area contributed by atoms with E-state index in [-0.39, 0.29) is 29.2 Å². The number of alkyl halides is 3. The molecule has 1 aliphatic carbocycles. The fourth-order valence-corrected chi connectivity index (χ4v) is 4.03. The van der Waals surface area contributed by atoms with Crippen molar-refractivity contribution in [1.82, 2.24) is 4.90 Å². The highest BCUT2D eigenvalue weighted by Crippen LogP contribution is 2.53. The molecule has 2 amide bonds. The Morgan fingerprint density at radius 2 is 1.69 bits per heavy atom. The van der Waals surface area contributed by atoms with Gasteiger partial charge in [0, 0.05) is 5.56 Å². The SMILES string of the molecule is O=C1Nc2ccc(F)c(F)c2C(CC2CC2)(c2ccc(F)cc2)N1CC(F)(F)F. The number of benzene rings is 2. The Morgan fingerprint density at radius 3 is 2.28 bits per heavy atom. The molecule has 0 radical (unpaired) electrons. The van der Waals surface area contributed by atoms with Crippen molar-refractivity contribution in [2.24, 2.45) is 5.92 Å². The minimum atomic E-state index is -4.78. The molecule has 2 aliphatic rings. The lowest BCUT2D eigenvalue weighted by Gasteiger charge is -2.49. The highest BCUT2D eigenvalue weighted by Gasteiger charge is 2.54. The first kappa shape index (κ1) is 19.6. The molecule has 1 unspecified atom stereocenters. The van der Waals surface area contributed by atoms with Gasteiger partial charge in [-0.15, -0.1) is 0 Å². The maximum absolute atomic E-state index is 15.0. The van der Waals surface area contributed by atoms with Crippen LogP contribution in [0.1, 0.15) is 30.4 Å². The van der Waals surface area contributed by atoms with Crippen LogP contribution in [0.5, 0.6) is 0 Å². The number of anilines is 1. The topological polar surface area (TPSA) is 32.3 Å². The maximum Gasteiger partial charge on any atom is 0.406 e. The van der Waals surface area contributed by atoms with Crippen molar-refractivity contribution in [3.8, 4) is 0 Å². The Bertz CT molecular complexity index is 955. The average Bonchev–Trinajstić information content (AvgIpc) is 3.45. The largest absolute Gasteiger partial charge is 0.406 e. The molecule has 3 nitrogen and oxygen atoms in total. The number of halogens is 6. The van der Waals surface area contributed by atoms with Gasteiger partial charge >= 0.3 is 12.2 Å². The van der Waals surface area contributed by atoms with Gasteiger partial charge in [0.2, 0.25) is 0 Å². The Balaban J connectivity index is 2.03. The first-order chi connectivity index (χ1) is 13.6. The van der Waals surface area contributed by atoms with Gasteiger partial charge in [0.1, 0.15) is 17.9 Å². The number of urea groups is 1. The normalized spacial score (nSPS) is 21.7. The minimum Gasteiger partial charge on any atom is -0.307 e. The molecule has 1 aliphatic heterocycles. The number of carbonyl (C=O) groups excluding carboxylic acids is 1. The van der Waals surface area contributed by atoms with Crippen LogP contribution in [-0.4, -0.2) is 23.7 Å². The van der Waals surface area contributed by atoms with E-state index in [4.69, 9.17) is 0 Å². The number of nitrogens with one attached hydrogen (secondary N) is 1. The van der Waals surface area contributed by atoms with Crippen LogP contribution >= 0.6 is 0 Å². The Hall–Kier alpha value is -2.71. The first-order valence-electron chi connectivity index (χ1n) is 9.02. The fraction of sp³-hybridized carbons (Fsp3) is 0.350. The summed E-state index contributed by atoms with van der Waals surface area (Å²) < 4.78 is 82.9. The van der Waals surface area contributed by atoms with Crippen molar-refractivity contribution in [2.45, 2.75) is 31.0 Å². The Morgan fingerprint density at radius 1 is 1.03 bits per heavy atom. The van der Waals surface area contributed by atoms with E-state index < -0.39 is 41.7 Å². The van der Waals surface area contributed by atoms with E-state index in [1.807, 2.05) is 0 Å². The summed E-state index contributed by atoms with van der Waals surface area (Å²) in [6, 6.07) is 5.34. The van der Waals surface area contributed by atoms with E-state index in [0.29, 0.717) is 17.7 Å². The minimum absolute atomic E-state index is 0.0322. The molecule has 29 heavy (non-hydrogen) atoms. The molecule has 1 atom stereocenters. The van der Waals surface area contributed by atoms with Gasteiger partial charge in [0.15, 0.2) is 11.6 Å². The summed E-state index contributed by atoms with van der Waals surface area (Å²) >= 11 is 0. The third-order valence-electron chi connectivity index (χ3n) is 5.40. The quantitative estimate of drug-likeness (QED) is 0.653. The van der Waals surface area contributed by atoms with Crippen molar-refractivity contribution in [3.05, 3.63) is 65.0 Å². The number of amides is 2. The molecule has 9 heteroatoms. The zero-order chi connectivity index (χ0) is 21.0. The third-order valence-corrected chi connectivity index (χ3v) is 5.40. The van der Waals surface area contributed by atoms with Crippen LogP contribution in [0.15, 0.2) is 36.4 Å². The zero-order valence-electron chi connectivity index (χ0n) is 15.0. The molecular weight excluding hydrogens is 398 g/mol. The standard InChI is InChI=1S/C20H16F6N2O/c21-13-5-3-12(4-6-13)19(9-11-1-2-11)16-15(8-7-14(22)17(16)23)27-18(29)28(19)10-20(24,25)26/h3-8,11H,1-2,9-10H2,(H,27,29). The maximum atomic E-state index is 15.0. The highest BCUT2D eigenvalue weighted by molar-refractivity contribution is 5.94. The lowest BCUT2D eigenvalue weighted by Crippen LogP contribution is -2.58. The van der Waals surface area contributed by atoms with Gasteiger partial charge in [-0.1, -0.05) is 25.0 Å². The summed E-state index contributed by atoms with van der Waals surface area (Å²) in [6.45, 7) is -1.67. The van der Waals surface area contributed by atoms with Gasteiger partial charge in [0.05, 0.1) is 5.69 Å². The lowest BCUT2D eigenvalue weighted by molar-refractivity contribution is -0.149. The molecule has 1 fully saturated rings. The lowest BCUT2D eigenvalue weighted by atomic mass is 9.74.